The van der Waals surface area contributed by atoms with Gasteiger partial charge in [0.25, 0.3) is 0 Å². The van der Waals surface area contributed by atoms with E-state index in [1.807, 2.05) is 18.2 Å². The fraction of sp³-hybridized carbons (Fsp3) is 0. The fourth-order valence-corrected chi connectivity index (χ4v) is 4.02. The van der Waals surface area contributed by atoms with Crippen LogP contribution in [0.4, 0.5) is 0 Å². The minimum Gasteiger partial charge on any atom is -0.506 e. The molecule has 0 bridgehead atoms. The van der Waals surface area contributed by atoms with Gasteiger partial charge in [-0.1, -0.05) is 34.8 Å². The van der Waals surface area contributed by atoms with Gasteiger partial charge in [-0.25, -0.2) is 0 Å². The van der Waals surface area contributed by atoms with E-state index in [1.165, 1.54) is 18.2 Å². The molecule has 3 N–H and O–H groups in total. The third-order valence-electron chi connectivity index (χ3n) is 5.09. The summed E-state index contributed by atoms with van der Waals surface area (Å²) in [5.41, 5.74) is 1.64. The maximum absolute atomic E-state index is 9.37. The SMILES string of the molecule is Oc1ccc(Cl)c2cccnc12.Oc1ccc(Cl)c2cccnc12.Oc1ccc(Cl)c2cccnc12.[Ca]. The number of hydrogen-bond acceptors (Lipinski definition) is 6. The van der Waals surface area contributed by atoms with Crippen molar-refractivity contribution in [1.82, 2.24) is 15.0 Å². The molecule has 0 aliphatic rings. The molecule has 6 nitrogen and oxygen atoms in total. The molecule has 0 amide bonds. The fourth-order valence-electron chi connectivity index (χ4n) is 3.37. The maximum atomic E-state index is 9.37. The van der Waals surface area contributed by atoms with Gasteiger partial charge in [0.1, 0.15) is 33.8 Å². The minimum absolute atomic E-state index is 0. The molecule has 37 heavy (non-hydrogen) atoms. The zero-order valence-corrected chi connectivity index (χ0v) is 23.7. The molecule has 3 aromatic heterocycles. The largest absolute Gasteiger partial charge is 0.506 e. The van der Waals surface area contributed by atoms with Gasteiger partial charge >= 0.3 is 0 Å². The Morgan fingerprint density at radius 3 is 0.946 bits per heavy atom. The molecule has 6 rings (SSSR count). The molecule has 0 spiro atoms. The van der Waals surface area contributed by atoms with Gasteiger partial charge in [0.15, 0.2) is 0 Å². The maximum Gasteiger partial charge on any atom is 0.141 e. The second kappa shape index (κ2) is 13.3. The van der Waals surface area contributed by atoms with E-state index >= 15 is 0 Å². The molecule has 0 saturated heterocycles. The van der Waals surface area contributed by atoms with Crippen LogP contribution in [-0.4, -0.2) is 68.0 Å². The number of rotatable bonds is 0. The van der Waals surface area contributed by atoms with Crippen molar-refractivity contribution in [2.45, 2.75) is 0 Å². The van der Waals surface area contributed by atoms with Gasteiger partial charge in [0, 0.05) is 72.5 Å². The predicted molar refractivity (Wildman–Crippen MR) is 151 cm³/mol. The molecule has 3 heterocycles. The van der Waals surface area contributed by atoms with Crippen LogP contribution in [0.25, 0.3) is 32.7 Å². The molecule has 0 aliphatic carbocycles. The van der Waals surface area contributed by atoms with Crippen LogP contribution in [-0.2, 0) is 0 Å². The molecule has 0 unspecified atom stereocenters. The first-order valence-corrected chi connectivity index (χ1v) is 11.7. The van der Waals surface area contributed by atoms with E-state index < -0.39 is 0 Å². The number of phenolic OH excluding ortho intramolecular Hbond substituents is 3. The summed E-state index contributed by atoms with van der Waals surface area (Å²) in [7, 11) is 0. The second-order valence-corrected chi connectivity index (χ2v) is 8.62. The zero-order chi connectivity index (χ0) is 25.7. The van der Waals surface area contributed by atoms with E-state index in [0.29, 0.717) is 31.6 Å². The first kappa shape index (κ1) is 29.0. The van der Waals surface area contributed by atoms with Gasteiger partial charge in [-0.3, -0.25) is 15.0 Å². The Morgan fingerprint density at radius 2 is 0.703 bits per heavy atom. The molecular weight excluding hydrogens is 561 g/mol. The molecular formula is C27H18CaCl3N3O3. The van der Waals surface area contributed by atoms with Crippen molar-refractivity contribution in [3.8, 4) is 17.2 Å². The monoisotopic (exact) mass is 577 g/mol. The van der Waals surface area contributed by atoms with Crippen molar-refractivity contribution in [1.29, 1.82) is 0 Å². The number of pyridine rings is 3. The number of fused-ring (bicyclic) bond motifs is 3. The van der Waals surface area contributed by atoms with E-state index in [2.05, 4.69) is 15.0 Å². The van der Waals surface area contributed by atoms with Crippen molar-refractivity contribution < 1.29 is 15.3 Å². The van der Waals surface area contributed by atoms with Crippen LogP contribution < -0.4 is 0 Å². The van der Waals surface area contributed by atoms with Crippen LogP contribution in [0.3, 0.4) is 0 Å². The summed E-state index contributed by atoms with van der Waals surface area (Å²) in [6.45, 7) is 0. The quantitative estimate of drug-likeness (QED) is 0.162. The minimum atomic E-state index is 0. The Kier molecular flexibility index (Phi) is 10.4. The summed E-state index contributed by atoms with van der Waals surface area (Å²) in [6, 6.07) is 20.4. The first-order chi connectivity index (χ1) is 17.4. The van der Waals surface area contributed by atoms with Crippen LogP contribution in [0.2, 0.25) is 15.1 Å². The Labute approximate surface area is 257 Å². The smallest absolute Gasteiger partial charge is 0.141 e. The van der Waals surface area contributed by atoms with Gasteiger partial charge in [0.2, 0.25) is 0 Å². The van der Waals surface area contributed by atoms with Crippen molar-refractivity contribution >= 4 is 105 Å². The van der Waals surface area contributed by atoms with E-state index in [1.54, 1.807) is 55.0 Å². The van der Waals surface area contributed by atoms with E-state index in [0.717, 1.165) is 16.2 Å². The van der Waals surface area contributed by atoms with Gasteiger partial charge in [-0.05, 0) is 72.8 Å². The number of aromatic nitrogens is 3. The molecule has 6 aromatic rings. The third-order valence-corrected chi connectivity index (χ3v) is 6.07. The molecule has 0 atom stereocenters. The van der Waals surface area contributed by atoms with Crippen molar-refractivity contribution in [2.24, 2.45) is 0 Å². The van der Waals surface area contributed by atoms with Crippen molar-refractivity contribution in [2.75, 3.05) is 0 Å². The molecule has 0 saturated carbocycles. The summed E-state index contributed by atoms with van der Waals surface area (Å²) >= 11 is 17.6. The number of hydrogen-bond donors (Lipinski definition) is 3. The Morgan fingerprint density at radius 1 is 0.432 bits per heavy atom. The molecule has 0 aliphatic heterocycles. The van der Waals surface area contributed by atoms with Gasteiger partial charge in [-0.15, -0.1) is 0 Å². The van der Waals surface area contributed by atoms with Crippen LogP contribution in [0.15, 0.2) is 91.4 Å². The summed E-state index contributed by atoms with van der Waals surface area (Å²) in [5, 5.41) is 32.3. The summed E-state index contributed by atoms with van der Waals surface area (Å²) < 4.78 is 0. The Balaban J connectivity index is 0.000000152. The summed E-state index contributed by atoms with van der Waals surface area (Å²) in [6.07, 6.45) is 4.87. The number of aromatic hydroxyl groups is 3. The van der Waals surface area contributed by atoms with Crippen LogP contribution in [0.5, 0.6) is 17.2 Å². The summed E-state index contributed by atoms with van der Waals surface area (Å²) in [5.74, 6) is 0.486. The normalized spacial score (nSPS) is 10.1. The van der Waals surface area contributed by atoms with Crippen molar-refractivity contribution in [3.63, 3.8) is 0 Å². The number of benzene rings is 3. The number of phenols is 3. The molecule has 0 fully saturated rings. The van der Waals surface area contributed by atoms with E-state index in [-0.39, 0.29) is 55.0 Å². The van der Waals surface area contributed by atoms with E-state index in [4.69, 9.17) is 34.8 Å². The second-order valence-electron chi connectivity index (χ2n) is 7.40. The number of nitrogens with zero attached hydrogens (tertiary/aromatic N) is 3. The van der Waals surface area contributed by atoms with E-state index in [9.17, 15) is 15.3 Å². The van der Waals surface area contributed by atoms with Gasteiger partial charge in [0.05, 0.1) is 15.1 Å². The molecule has 3 aromatic carbocycles. The predicted octanol–water partition coefficient (Wildman–Crippen LogP) is 7.40. The van der Waals surface area contributed by atoms with Crippen LogP contribution >= 0.6 is 34.8 Å². The Hall–Kier alpha value is -2.58. The first-order valence-electron chi connectivity index (χ1n) is 10.5. The topological polar surface area (TPSA) is 99.4 Å². The zero-order valence-electron chi connectivity index (χ0n) is 19.2. The van der Waals surface area contributed by atoms with Crippen molar-refractivity contribution in [3.05, 3.63) is 106 Å². The third kappa shape index (κ3) is 6.85. The average Bonchev–Trinajstić information content (AvgIpc) is 2.92. The van der Waals surface area contributed by atoms with Crippen LogP contribution in [0.1, 0.15) is 0 Å². The van der Waals surface area contributed by atoms with Crippen LogP contribution in [0, 0.1) is 0 Å². The van der Waals surface area contributed by atoms with Gasteiger partial charge in [-0.2, -0.15) is 0 Å². The summed E-state index contributed by atoms with van der Waals surface area (Å²) in [4.78, 5) is 12.0. The standard InChI is InChI=1S/3C9H6ClNO.Ca/c3*10-7-3-4-8(12)9-6(7)2-1-5-11-9;/h3*1-5,12H;. The molecule has 2 radical (unpaired) electrons. The number of halogens is 3. The average molecular weight is 579 g/mol. The molecule has 10 heteroatoms. The molecule has 182 valence electrons. The van der Waals surface area contributed by atoms with Gasteiger partial charge < -0.3 is 15.3 Å². The Bertz CT molecular complexity index is 1370.